The number of amides is 2. The third-order valence-electron chi connectivity index (χ3n) is 5.45. The number of hydrogen-bond acceptors (Lipinski definition) is 5. The lowest BCUT2D eigenvalue weighted by Crippen LogP contribution is -2.45. The van der Waals surface area contributed by atoms with Gasteiger partial charge in [0.2, 0.25) is 0 Å². The van der Waals surface area contributed by atoms with Crippen LogP contribution in [0.15, 0.2) is 66.2 Å². The lowest BCUT2D eigenvalue weighted by molar-refractivity contribution is -0.143. The lowest BCUT2D eigenvalue weighted by atomic mass is 9.89. The maximum Gasteiger partial charge on any atom is 0.338 e. The average molecular weight is 447 g/mol. The minimum Gasteiger partial charge on any atom is -0.497 e. The van der Waals surface area contributed by atoms with Crippen LogP contribution in [0.3, 0.4) is 0 Å². The van der Waals surface area contributed by atoms with Crippen LogP contribution < -0.4 is 20.1 Å². The quantitative estimate of drug-likeness (QED) is 0.542. The largest absolute Gasteiger partial charge is 0.497 e. The SMILES string of the molecule is COc1ccc(C2=C(C(=O)OC(C)C)C(c3c(OC)ccc4ccccc34)NC(=O)N2)cc1. The van der Waals surface area contributed by atoms with Crippen molar-refractivity contribution in [2.45, 2.75) is 26.0 Å². The van der Waals surface area contributed by atoms with Gasteiger partial charge in [-0.3, -0.25) is 0 Å². The Bertz CT molecular complexity index is 1230. The first-order chi connectivity index (χ1) is 15.9. The van der Waals surface area contributed by atoms with Crippen LogP contribution in [-0.4, -0.2) is 32.3 Å². The summed E-state index contributed by atoms with van der Waals surface area (Å²) in [5, 5.41) is 7.55. The standard InChI is InChI=1S/C26H26N2O5/c1-15(2)33-25(29)22-23(17-9-12-18(31-3)13-10-17)27-26(30)28-24(22)21-19-8-6-5-7-16(19)11-14-20(21)32-4/h5-15,24H,1-4H3,(H2,27,28,30). The van der Waals surface area contributed by atoms with Crippen molar-refractivity contribution in [2.24, 2.45) is 0 Å². The van der Waals surface area contributed by atoms with Crippen LogP contribution >= 0.6 is 0 Å². The van der Waals surface area contributed by atoms with Gasteiger partial charge in [0.15, 0.2) is 0 Å². The molecule has 0 radical (unpaired) electrons. The second-order valence-electron chi connectivity index (χ2n) is 7.91. The number of rotatable bonds is 6. The molecular formula is C26H26N2O5. The van der Waals surface area contributed by atoms with E-state index in [1.165, 1.54) is 0 Å². The van der Waals surface area contributed by atoms with E-state index >= 15 is 0 Å². The van der Waals surface area contributed by atoms with Crippen LogP contribution in [0.2, 0.25) is 0 Å². The fourth-order valence-electron chi connectivity index (χ4n) is 4.02. The van der Waals surface area contributed by atoms with Gasteiger partial charge in [-0.1, -0.05) is 30.3 Å². The Hall–Kier alpha value is -4.00. The summed E-state index contributed by atoms with van der Waals surface area (Å²) in [6.45, 7) is 3.57. The fourth-order valence-corrected chi connectivity index (χ4v) is 4.02. The van der Waals surface area contributed by atoms with E-state index in [1.807, 2.05) is 36.4 Å². The number of carbonyl (C=O) groups excluding carboxylic acids is 2. The smallest absolute Gasteiger partial charge is 0.338 e. The van der Waals surface area contributed by atoms with E-state index in [4.69, 9.17) is 14.2 Å². The highest BCUT2D eigenvalue weighted by atomic mass is 16.5. The summed E-state index contributed by atoms with van der Waals surface area (Å²) < 4.78 is 16.5. The molecule has 1 heterocycles. The van der Waals surface area contributed by atoms with Crippen molar-refractivity contribution in [1.29, 1.82) is 0 Å². The number of ether oxygens (including phenoxy) is 3. The topological polar surface area (TPSA) is 85.9 Å². The number of fused-ring (bicyclic) bond motifs is 1. The van der Waals surface area contributed by atoms with E-state index in [2.05, 4.69) is 10.6 Å². The van der Waals surface area contributed by atoms with Gasteiger partial charge in [-0.2, -0.15) is 0 Å². The Kier molecular flexibility index (Phi) is 6.22. The summed E-state index contributed by atoms with van der Waals surface area (Å²) in [5.74, 6) is 0.700. The molecule has 1 aliphatic rings. The predicted molar refractivity (Wildman–Crippen MR) is 126 cm³/mol. The van der Waals surface area contributed by atoms with Crippen molar-refractivity contribution in [3.63, 3.8) is 0 Å². The van der Waals surface area contributed by atoms with Crippen molar-refractivity contribution in [1.82, 2.24) is 10.6 Å². The molecule has 0 fully saturated rings. The van der Waals surface area contributed by atoms with Crippen LogP contribution in [0.1, 0.15) is 31.0 Å². The fraction of sp³-hybridized carbons (Fsp3) is 0.231. The maximum absolute atomic E-state index is 13.4. The molecule has 0 saturated carbocycles. The molecule has 4 rings (SSSR count). The van der Waals surface area contributed by atoms with Crippen molar-refractivity contribution in [3.8, 4) is 11.5 Å². The molecule has 0 aliphatic carbocycles. The van der Waals surface area contributed by atoms with Gasteiger partial charge in [-0.05, 0) is 60.5 Å². The second kappa shape index (κ2) is 9.24. The second-order valence-corrected chi connectivity index (χ2v) is 7.91. The third kappa shape index (κ3) is 4.35. The zero-order chi connectivity index (χ0) is 23.5. The van der Waals surface area contributed by atoms with Gasteiger partial charge in [0.25, 0.3) is 0 Å². The number of hydrogen-bond donors (Lipinski definition) is 2. The Morgan fingerprint density at radius 2 is 1.67 bits per heavy atom. The first kappa shape index (κ1) is 22.2. The van der Waals surface area contributed by atoms with Crippen molar-refractivity contribution in [3.05, 3.63) is 77.4 Å². The maximum atomic E-state index is 13.4. The first-order valence-corrected chi connectivity index (χ1v) is 10.7. The number of methoxy groups -OCH3 is 2. The molecule has 1 unspecified atom stereocenters. The highest BCUT2D eigenvalue weighted by Gasteiger charge is 2.37. The number of nitrogens with one attached hydrogen (secondary N) is 2. The molecule has 33 heavy (non-hydrogen) atoms. The number of benzene rings is 3. The molecule has 0 aromatic heterocycles. The molecule has 2 N–H and O–H groups in total. The van der Waals surface area contributed by atoms with E-state index in [0.29, 0.717) is 33.9 Å². The van der Waals surface area contributed by atoms with Gasteiger partial charge in [0.1, 0.15) is 11.5 Å². The zero-order valence-corrected chi connectivity index (χ0v) is 19.0. The van der Waals surface area contributed by atoms with Crippen LogP contribution in [0.4, 0.5) is 4.79 Å². The molecule has 0 spiro atoms. The number of carbonyl (C=O) groups is 2. The monoisotopic (exact) mass is 446 g/mol. The average Bonchev–Trinajstić information content (AvgIpc) is 2.82. The van der Waals surface area contributed by atoms with Crippen molar-refractivity contribution < 1.29 is 23.8 Å². The van der Waals surface area contributed by atoms with Crippen LogP contribution in [0.5, 0.6) is 11.5 Å². The van der Waals surface area contributed by atoms with Crippen molar-refractivity contribution in [2.75, 3.05) is 14.2 Å². The van der Waals surface area contributed by atoms with Crippen LogP contribution in [0, 0.1) is 0 Å². The van der Waals surface area contributed by atoms with Gasteiger partial charge in [-0.25, -0.2) is 9.59 Å². The molecule has 2 amide bonds. The Morgan fingerprint density at radius 1 is 0.939 bits per heavy atom. The van der Waals surface area contributed by atoms with Gasteiger partial charge >= 0.3 is 12.0 Å². The minimum atomic E-state index is -0.789. The normalized spacial score (nSPS) is 15.8. The Labute approximate surface area is 192 Å². The third-order valence-corrected chi connectivity index (χ3v) is 5.45. The molecule has 3 aromatic rings. The van der Waals surface area contributed by atoms with E-state index in [9.17, 15) is 9.59 Å². The minimum absolute atomic E-state index is 0.295. The van der Waals surface area contributed by atoms with E-state index < -0.39 is 18.0 Å². The summed E-state index contributed by atoms with van der Waals surface area (Å²) >= 11 is 0. The molecule has 0 bridgehead atoms. The number of esters is 1. The van der Waals surface area contributed by atoms with Gasteiger partial charge < -0.3 is 24.8 Å². The van der Waals surface area contributed by atoms with Gasteiger partial charge in [-0.15, -0.1) is 0 Å². The molecule has 1 atom stereocenters. The Balaban J connectivity index is 1.99. The molecule has 7 nitrogen and oxygen atoms in total. The lowest BCUT2D eigenvalue weighted by Gasteiger charge is -2.31. The zero-order valence-electron chi connectivity index (χ0n) is 19.0. The van der Waals surface area contributed by atoms with E-state index in [1.54, 1.807) is 52.3 Å². The summed E-state index contributed by atoms with van der Waals surface area (Å²) in [6, 6.07) is 17.5. The number of urea groups is 1. The van der Waals surface area contributed by atoms with Crippen LogP contribution in [0.25, 0.3) is 16.5 Å². The predicted octanol–water partition coefficient (Wildman–Crippen LogP) is 4.57. The van der Waals surface area contributed by atoms with E-state index in [0.717, 1.165) is 10.8 Å². The molecular weight excluding hydrogens is 420 g/mol. The van der Waals surface area contributed by atoms with Crippen molar-refractivity contribution >= 4 is 28.5 Å². The highest BCUT2D eigenvalue weighted by Crippen LogP contribution is 2.40. The summed E-state index contributed by atoms with van der Waals surface area (Å²) in [7, 11) is 3.14. The molecule has 0 saturated heterocycles. The first-order valence-electron chi connectivity index (χ1n) is 10.7. The summed E-state index contributed by atoms with van der Waals surface area (Å²) in [4.78, 5) is 26.2. The summed E-state index contributed by atoms with van der Waals surface area (Å²) in [6.07, 6.45) is -0.338. The highest BCUT2D eigenvalue weighted by molar-refractivity contribution is 6.06. The molecule has 3 aromatic carbocycles. The van der Waals surface area contributed by atoms with Crippen LogP contribution in [-0.2, 0) is 9.53 Å². The molecule has 7 heteroatoms. The Morgan fingerprint density at radius 3 is 2.33 bits per heavy atom. The molecule has 1 aliphatic heterocycles. The van der Waals surface area contributed by atoms with E-state index in [-0.39, 0.29) is 6.10 Å². The molecule has 170 valence electrons. The summed E-state index contributed by atoms with van der Waals surface area (Å²) in [5.41, 5.74) is 2.02. The van der Waals surface area contributed by atoms with Gasteiger partial charge in [0, 0.05) is 5.56 Å². The van der Waals surface area contributed by atoms with Gasteiger partial charge in [0.05, 0.1) is 37.6 Å².